The number of hydrogen-bond donors (Lipinski definition) is 0. The minimum absolute atomic E-state index is 0.365. The maximum Gasteiger partial charge on any atom is 0.680 e. The first-order valence-corrected chi connectivity index (χ1v) is 29.3. The number of halogens is 16. The van der Waals surface area contributed by atoms with Gasteiger partial charge in [0.25, 0.3) is 15.9 Å². The average Bonchev–Trinajstić information content (AvgIpc) is 3.18. The highest BCUT2D eigenvalue weighted by Gasteiger charge is 2.61. The van der Waals surface area contributed by atoms with Gasteiger partial charge in [-0.15, -0.1) is 0 Å². The number of ether oxygens (including phenoxy) is 4. The molecule has 0 N–H and O–H groups in total. The minimum atomic E-state index is -4.70. The molecule has 61 heavy (non-hydrogen) atoms. The second kappa shape index (κ2) is 23.8. The van der Waals surface area contributed by atoms with Crippen LogP contribution in [0.3, 0.4) is 0 Å². The zero-order chi connectivity index (χ0) is 45.4. The van der Waals surface area contributed by atoms with Crippen LogP contribution in [0.1, 0.15) is 0 Å². The molecule has 4 unspecified atom stereocenters. The fraction of sp³-hybridized carbons (Fsp3) is 0.333. The summed E-state index contributed by atoms with van der Waals surface area (Å²) in [6.07, 6.45) is 0. The molecule has 0 fully saturated rings. The van der Waals surface area contributed by atoms with Crippen LogP contribution in [-0.2, 0) is 17.7 Å². The molecule has 4 aromatic carbocycles. The highest BCUT2D eigenvalue weighted by atomic mass is 79.9. The van der Waals surface area contributed by atoms with E-state index in [1.807, 2.05) is 24.3 Å². The first kappa shape index (κ1) is 56.6. The molecule has 0 aliphatic rings. The van der Waals surface area contributed by atoms with Crippen molar-refractivity contribution in [3.05, 3.63) is 121 Å². The lowest BCUT2D eigenvalue weighted by molar-refractivity contribution is -0.0449. The molecule has 336 valence electrons. The molecule has 4 atom stereocenters. The van der Waals surface area contributed by atoms with Gasteiger partial charge in [0.05, 0.1) is 26.4 Å². The Morgan fingerprint density at radius 1 is 0.311 bits per heavy atom. The lowest BCUT2D eigenvalue weighted by Crippen LogP contribution is -2.59. The Labute approximate surface area is 475 Å². The Morgan fingerprint density at radius 2 is 0.475 bits per heavy atom. The van der Waals surface area contributed by atoms with E-state index in [-0.39, 0.29) is 26.4 Å². The Hall–Kier alpha value is 3.06. The molecular weight excluding hydrogens is 1690 g/mol. The van der Waals surface area contributed by atoms with E-state index in [0.29, 0.717) is 23.0 Å². The number of para-hydroxylation sites is 4. The minimum Gasteiger partial charge on any atom is -0.460 e. The standard InChI is InChI=1S/C36H28Br12Cl4O8Si/c37-29(38,33(45,49)57-25-13-5-1-6-14-25)21-53-61(54-22-30(39,40)34(46,50)58-26-15-7-2-8-16-26,55-23-31(41,42)35(47,51)59-27-17-9-3-10-18-27)56-24-32(43,44)36(48,52)60-28-19-11-4-12-20-28/h1-20H,21-24H2. The van der Waals surface area contributed by atoms with E-state index < -0.39 is 37.9 Å². The van der Waals surface area contributed by atoms with E-state index in [2.05, 4.69) is 191 Å². The predicted molar refractivity (Wildman–Crippen MR) is 290 cm³/mol. The lowest BCUT2D eigenvalue weighted by Gasteiger charge is -2.41. The molecule has 0 spiro atoms. The highest BCUT2D eigenvalue weighted by molar-refractivity contribution is 9.27. The van der Waals surface area contributed by atoms with Crippen molar-refractivity contribution in [2.45, 2.75) is 28.8 Å². The van der Waals surface area contributed by atoms with Crippen molar-refractivity contribution in [3.8, 4) is 23.0 Å². The molecule has 0 aromatic heterocycles. The van der Waals surface area contributed by atoms with Gasteiger partial charge >= 0.3 is 9.05 Å². The van der Waals surface area contributed by atoms with Crippen LogP contribution >= 0.6 is 238 Å². The third-order valence-corrected chi connectivity index (χ3v) is 26.7. The highest BCUT2D eigenvalue weighted by Crippen LogP contribution is 2.53. The van der Waals surface area contributed by atoms with E-state index in [9.17, 15) is 0 Å². The summed E-state index contributed by atoms with van der Waals surface area (Å²) in [5.41, 5.74) is 0. The van der Waals surface area contributed by atoms with Gasteiger partial charge < -0.3 is 36.7 Å². The van der Waals surface area contributed by atoms with Gasteiger partial charge in [0.2, 0.25) is 0 Å². The average molecular weight is 1720 g/mol. The van der Waals surface area contributed by atoms with Crippen LogP contribution in [0.25, 0.3) is 0 Å². The summed E-state index contributed by atoms with van der Waals surface area (Å²) >= 11 is 71.0. The number of benzene rings is 4. The third kappa shape index (κ3) is 16.6. The van der Waals surface area contributed by atoms with Crippen LogP contribution < -0.4 is 18.9 Å². The lowest BCUT2D eigenvalue weighted by atomic mass is 10.3. The quantitative estimate of drug-likeness (QED) is 0.0507. The van der Waals surface area contributed by atoms with Crippen LogP contribution in [0.5, 0.6) is 23.0 Å². The van der Waals surface area contributed by atoms with Crippen LogP contribution in [0.2, 0.25) is 0 Å². The topological polar surface area (TPSA) is 73.8 Å². The maximum atomic E-state index is 7.00. The molecule has 25 heteroatoms. The molecule has 4 aromatic rings. The fourth-order valence-electron chi connectivity index (χ4n) is 4.15. The van der Waals surface area contributed by atoms with Crippen LogP contribution in [-0.4, -0.2) is 64.3 Å². The fourth-order valence-corrected chi connectivity index (χ4v) is 11.3. The Kier molecular flexibility index (Phi) is 22.1. The molecule has 0 aliphatic carbocycles. The normalized spacial score (nSPS) is 17.7. The van der Waals surface area contributed by atoms with Gasteiger partial charge in [0.1, 0.15) is 23.0 Å². The summed E-state index contributed by atoms with van der Waals surface area (Å²) in [5.74, 6) is 1.77. The van der Waals surface area contributed by atoms with Crippen LogP contribution in [0, 0.1) is 0 Å². The van der Waals surface area contributed by atoms with Crippen molar-refractivity contribution in [2.24, 2.45) is 0 Å². The van der Waals surface area contributed by atoms with E-state index in [1.165, 1.54) is 0 Å². The molecule has 0 amide bonds. The van der Waals surface area contributed by atoms with Gasteiger partial charge in [0, 0.05) is 0 Å². The summed E-state index contributed by atoms with van der Waals surface area (Å²) in [4.78, 5) is 0. The number of alkyl halides is 16. The van der Waals surface area contributed by atoms with Crippen molar-refractivity contribution in [2.75, 3.05) is 26.4 Å². The Bertz CT molecular complexity index is 1680. The molecule has 0 aliphatic heterocycles. The summed E-state index contributed by atoms with van der Waals surface area (Å²) in [5, 5.41) is 0. The Morgan fingerprint density at radius 3 is 0.639 bits per heavy atom. The first-order valence-electron chi connectivity index (χ1n) is 16.7. The van der Waals surface area contributed by atoms with Crippen molar-refractivity contribution >= 4 is 247 Å². The second-order valence-corrected chi connectivity index (χ2v) is 37.9. The maximum absolute atomic E-state index is 7.00. The molecular formula is C36H28Br12Cl4O8Si. The molecule has 4 rings (SSSR count). The summed E-state index contributed by atoms with van der Waals surface area (Å²) in [6, 6.07) is 35.6. The van der Waals surface area contributed by atoms with Crippen molar-refractivity contribution in [1.82, 2.24) is 0 Å². The monoisotopic (exact) mass is 1700 g/mol. The van der Waals surface area contributed by atoms with Crippen LogP contribution in [0.15, 0.2) is 121 Å². The van der Waals surface area contributed by atoms with Gasteiger partial charge in [0.15, 0.2) is 12.9 Å². The molecule has 0 bridgehead atoms. The summed E-state index contributed by atoms with van der Waals surface area (Å²) in [7, 11) is -4.70. The molecule has 0 radical (unpaired) electrons. The van der Waals surface area contributed by atoms with Crippen molar-refractivity contribution < 1.29 is 36.7 Å². The van der Waals surface area contributed by atoms with Crippen molar-refractivity contribution in [3.63, 3.8) is 0 Å². The van der Waals surface area contributed by atoms with Gasteiger partial charge in [-0.05, 0) is 112 Å². The zero-order valence-corrected chi connectivity index (χ0v) is 53.2. The van der Waals surface area contributed by atoms with Gasteiger partial charge in [-0.2, -0.15) is 0 Å². The second-order valence-electron chi connectivity index (χ2n) is 12.2. The van der Waals surface area contributed by atoms with Gasteiger partial charge in [-0.3, -0.25) is 0 Å². The zero-order valence-electron chi connectivity index (χ0n) is 30.2. The SMILES string of the molecule is ClC(Br)(Oc1ccccc1)C(Br)(Br)CO[Si](OCC(Br)(Br)C(Cl)(Br)Oc1ccccc1)(OCC(Br)(Br)C(Cl)(Br)Oc1ccccc1)OCC(Br)(Br)C(Cl)(Br)Oc1ccccc1. The van der Waals surface area contributed by atoms with Crippen LogP contribution in [0.4, 0.5) is 0 Å². The van der Waals surface area contributed by atoms with Crippen molar-refractivity contribution in [1.29, 1.82) is 0 Å². The summed E-state index contributed by atoms with van der Waals surface area (Å²) < 4.78 is 38.6. The van der Waals surface area contributed by atoms with E-state index in [1.54, 1.807) is 97.1 Å². The smallest absolute Gasteiger partial charge is 0.460 e. The largest absolute Gasteiger partial charge is 0.680 e. The molecule has 8 nitrogen and oxygen atoms in total. The predicted octanol–water partition coefficient (Wildman–Crippen LogP) is 16.9. The molecule has 0 saturated heterocycles. The summed E-state index contributed by atoms with van der Waals surface area (Å²) in [6.45, 7) is -1.46. The first-order chi connectivity index (χ1) is 28.1. The van der Waals surface area contributed by atoms with E-state index >= 15 is 0 Å². The van der Waals surface area contributed by atoms with E-state index in [0.717, 1.165) is 0 Å². The van der Waals surface area contributed by atoms with Gasteiger partial charge in [-0.25, -0.2) is 0 Å². The third-order valence-electron chi connectivity index (χ3n) is 7.38. The number of rotatable bonds is 24. The number of hydrogen-bond acceptors (Lipinski definition) is 8. The van der Waals surface area contributed by atoms with E-state index in [4.69, 9.17) is 83.1 Å². The molecule has 0 saturated carbocycles. The molecule has 0 heterocycles. The van der Waals surface area contributed by atoms with Gasteiger partial charge in [-0.1, -0.05) is 247 Å². The Balaban J connectivity index is 1.76.